The van der Waals surface area contributed by atoms with E-state index in [0.717, 1.165) is 56.5 Å². The standard InChI is InChI=1S/C19H18N4O.C10H11NO.C10H13N.C8H5NO2.2C4H8O.CH3.B.Li/c1-19(2)16-8-4-3-6-14(16)13-23(19)17-9-11-21-18(22-17)24-15-7-5-10-20-12-15;1-10(2)8-6-4-3-5-7(8)9(12)11-10;1-10(2)9-6-4-3-5-8(9)7-11-10;9-5-6-3-1-2-4-7(6)8(10)11;2*1-2-4-5-3-1;;;/h3-12H,13H2,1-2H3;3-6H,1-2H3,(H,11,12);3-6,11H,7H2,1-2H3;1-4H,(H,10,11);2*1-4H2;1H3;;/q;;;;;;-1;;+1. The molecule has 0 atom stereocenters. The van der Waals surface area contributed by atoms with E-state index in [-0.39, 0.29) is 68.4 Å². The number of benzene rings is 4. The second-order valence-electron chi connectivity index (χ2n) is 18.2. The monoisotopic (exact) mass is 951 g/mol. The number of anilines is 1. The van der Waals surface area contributed by atoms with Crippen LogP contribution >= 0.6 is 0 Å². The van der Waals surface area contributed by atoms with Crippen molar-refractivity contribution in [1.82, 2.24) is 25.6 Å². The number of ether oxygens (including phenoxy) is 3. The number of carbonyl (C=O) groups is 2. The van der Waals surface area contributed by atoms with Gasteiger partial charge in [-0.3, -0.25) is 9.78 Å². The third kappa shape index (κ3) is 16.1. The zero-order valence-corrected chi connectivity index (χ0v) is 42.6. The summed E-state index contributed by atoms with van der Waals surface area (Å²) in [5.74, 6) is 0.446. The van der Waals surface area contributed by atoms with E-state index in [2.05, 4.69) is 107 Å². The minimum absolute atomic E-state index is 0. The number of nitriles is 1. The molecule has 7 heterocycles. The Bertz CT molecular complexity index is 2630. The van der Waals surface area contributed by atoms with Crippen molar-refractivity contribution in [1.29, 1.82) is 5.26 Å². The fraction of sp³-hybridized carbons (Fsp3) is 0.339. The van der Waals surface area contributed by atoms with Crippen molar-refractivity contribution >= 4 is 26.1 Å². The van der Waals surface area contributed by atoms with Crippen LogP contribution in [0.5, 0.6) is 11.8 Å². The van der Waals surface area contributed by atoms with E-state index in [0.29, 0.717) is 11.8 Å². The summed E-state index contributed by atoms with van der Waals surface area (Å²) in [6.45, 7) is 18.7. The largest absolute Gasteiger partial charge is 1.00 e. The summed E-state index contributed by atoms with van der Waals surface area (Å²) in [5.41, 5.74) is 7.54. The Hall–Kier alpha value is -6.32. The Kier molecular flexibility index (Phi) is 23.2. The number of carboxylic acids is 1. The zero-order chi connectivity index (χ0) is 48.6. The third-order valence-corrected chi connectivity index (χ3v) is 12.0. The average Bonchev–Trinajstić information content (AvgIpc) is 4.23. The van der Waals surface area contributed by atoms with Crippen molar-refractivity contribution in [2.75, 3.05) is 31.3 Å². The van der Waals surface area contributed by atoms with Crippen molar-refractivity contribution in [3.05, 3.63) is 186 Å². The summed E-state index contributed by atoms with van der Waals surface area (Å²) in [5, 5.41) is 23.4. The van der Waals surface area contributed by atoms with Crippen LogP contribution in [-0.4, -0.2) is 66.8 Å². The minimum Gasteiger partial charge on any atom is -0.478 e. The molecule has 13 nitrogen and oxygen atoms in total. The first kappa shape index (κ1) is 59.0. The van der Waals surface area contributed by atoms with Crippen LogP contribution in [0.2, 0.25) is 0 Å². The summed E-state index contributed by atoms with van der Waals surface area (Å²) in [7, 11) is 0. The van der Waals surface area contributed by atoms with E-state index in [1.807, 2.05) is 56.3 Å². The quantitative estimate of drug-likeness (QED) is 0.117. The van der Waals surface area contributed by atoms with Gasteiger partial charge in [-0.05, 0) is 131 Å². The molecule has 5 aliphatic rings. The van der Waals surface area contributed by atoms with Crippen molar-refractivity contribution in [3.63, 3.8) is 0 Å². The smallest absolute Gasteiger partial charge is 0.478 e. The van der Waals surface area contributed by atoms with Gasteiger partial charge in [0.15, 0.2) is 0 Å². The van der Waals surface area contributed by atoms with Gasteiger partial charge in [-0.1, -0.05) is 78.9 Å². The molecular formula is C56H66BLiN7O6. The number of aromatic carboxylic acids is 1. The number of hydrogen-bond acceptors (Lipinski definition) is 11. The van der Waals surface area contributed by atoms with Gasteiger partial charge >= 0.3 is 30.8 Å². The van der Waals surface area contributed by atoms with Gasteiger partial charge in [0.2, 0.25) is 0 Å². The molecule has 3 N–H and O–H groups in total. The van der Waals surface area contributed by atoms with Gasteiger partial charge in [0.1, 0.15) is 17.6 Å². The number of rotatable bonds is 4. The summed E-state index contributed by atoms with van der Waals surface area (Å²) in [4.78, 5) is 36.9. The summed E-state index contributed by atoms with van der Waals surface area (Å²) >= 11 is 0. The van der Waals surface area contributed by atoms with Crippen LogP contribution < -0.4 is 39.1 Å². The molecule has 6 aromatic rings. The molecule has 5 aliphatic heterocycles. The second kappa shape index (κ2) is 27.9. The number of nitrogens with zero attached hydrogens (tertiary/aromatic N) is 5. The first-order valence-electron chi connectivity index (χ1n) is 23.1. The molecule has 2 fully saturated rings. The first-order chi connectivity index (χ1) is 32.7. The third-order valence-electron chi connectivity index (χ3n) is 12.0. The molecule has 0 bridgehead atoms. The predicted octanol–water partition coefficient (Wildman–Crippen LogP) is 7.53. The van der Waals surface area contributed by atoms with E-state index in [4.69, 9.17) is 24.6 Å². The second-order valence-corrected chi connectivity index (χ2v) is 18.2. The number of amides is 1. The van der Waals surface area contributed by atoms with Gasteiger partial charge in [-0.2, -0.15) is 10.2 Å². The van der Waals surface area contributed by atoms with Crippen LogP contribution in [0.3, 0.4) is 0 Å². The van der Waals surface area contributed by atoms with Crippen LogP contribution in [0, 0.1) is 18.8 Å². The number of pyridine rings is 1. The molecule has 71 heavy (non-hydrogen) atoms. The normalized spacial score (nSPS) is 16.1. The fourth-order valence-electron chi connectivity index (χ4n) is 8.31. The van der Waals surface area contributed by atoms with Crippen LogP contribution in [0.4, 0.5) is 5.82 Å². The van der Waals surface area contributed by atoms with Gasteiger partial charge < -0.3 is 42.3 Å². The molecule has 0 saturated carbocycles. The Morgan fingerprint density at radius 2 is 1.31 bits per heavy atom. The Morgan fingerprint density at radius 1 is 0.732 bits per heavy atom. The molecule has 3 radical (unpaired) electrons. The maximum absolute atomic E-state index is 11.4. The van der Waals surface area contributed by atoms with E-state index < -0.39 is 5.97 Å². The van der Waals surface area contributed by atoms with Gasteiger partial charge in [-0.25, -0.2) is 9.78 Å². The molecule has 365 valence electrons. The van der Waals surface area contributed by atoms with Crippen molar-refractivity contribution in [2.24, 2.45) is 0 Å². The van der Waals surface area contributed by atoms with Crippen LogP contribution in [-0.2, 0) is 39.2 Å². The SMILES string of the molecule is C1CCOC1.C1CCOC1.CC1(C)NC(=O)c2ccccc21.CC1(C)NCc2ccccc21.CC1(C)c2ccccc2CN1c1ccnc(Oc2cccnc2)n1.N#Cc1ccccc1C(=O)O.[B].[CH3-].[Li+]. The zero-order valence-electron chi connectivity index (χ0n) is 42.6. The van der Waals surface area contributed by atoms with Gasteiger partial charge in [0.05, 0.1) is 28.4 Å². The molecule has 0 unspecified atom stereocenters. The van der Waals surface area contributed by atoms with Crippen LogP contribution in [0.1, 0.15) is 121 Å². The number of hydrogen-bond donors (Lipinski definition) is 3. The number of nitrogens with one attached hydrogen (secondary N) is 2. The number of carbonyl (C=O) groups excluding carboxylic acids is 1. The van der Waals surface area contributed by atoms with Crippen LogP contribution in [0.15, 0.2) is 134 Å². The summed E-state index contributed by atoms with van der Waals surface area (Å²) in [6, 6.07) is 38.6. The fourth-order valence-corrected chi connectivity index (χ4v) is 8.31. The topological polar surface area (TPSA) is 172 Å². The number of aromatic nitrogens is 3. The molecule has 15 heteroatoms. The van der Waals surface area contributed by atoms with Gasteiger partial charge in [-0.15, -0.1) is 0 Å². The minimum atomic E-state index is -1.07. The van der Waals surface area contributed by atoms with Crippen LogP contribution in [0.25, 0.3) is 0 Å². The van der Waals surface area contributed by atoms with E-state index in [9.17, 15) is 9.59 Å². The molecule has 0 aliphatic carbocycles. The predicted molar refractivity (Wildman–Crippen MR) is 276 cm³/mol. The van der Waals surface area contributed by atoms with Gasteiger partial charge in [0, 0.05) is 71.4 Å². The van der Waals surface area contributed by atoms with Gasteiger partial charge in [0.25, 0.3) is 5.91 Å². The average molecular weight is 951 g/mol. The maximum Gasteiger partial charge on any atom is 1.00 e. The molecule has 11 rings (SSSR count). The number of fused-ring (bicyclic) bond motifs is 3. The van der Waals surface area contributed by atoms with E-state index in [1.54, 1.807) is 36.8 Å². The summed E-state index contributed by atoms with van der Waals surface area (Å²) < 4.78 is 15.6. The Balaban J connectivity index is 0.000000243. The molecule has 2 saturated heterocycles. The molecule has 2 aromatic heterocycles. The van der Waals surface area contributed by atoms with Crippen molar-refractivity contribution < 1.29 is 47.8 Å². The molecular weight excluding hydrogens is 884 g/mol. The molecule has 1 amide bonds. The van der Waals surface area contributed by atoms with Crippen molar-refractivity contribution in [3.8, 4) is 17.8 Å². The summed E-state index contributed by atoms with van der Waals surface area (Å²) in [6.07, 6.45) is 10.2. The molecule has 4 aromatic carbocycles. The Labute approximate surface area is 434 Å². The van der Waals surface area contributed by atoms with Crippen molar-refractivity contribution in [2.45, 2.75) is 96.9 Å². The van der Waals surface area contributed by atoms with E-state index in [1.165, 1.54) is 60.1 Å². The maximum atomic E-state index is 11.4. The Morgan fingerprint density at radius 3 is 1.85 bits per heavy atom. The first-order valence-corrected chi connectivity index (χ1v) is 23.1. The number of carboxylic acid groups (broad SMARTS) is 1. The molecule has 0 spiro atoms. The van der Waals surface area contributed by atoms with E-state index >= 15 is 0 Å².